The van der Waals surface area contributed by atoms with Crippen LogP contribution < -0.4 is 10.0 Å². The van der Waals surface area contributed by atoms with Gasteiger partial charge in [0.15, 0.2) is 0 Å². The van der Waals surface area contributed by atoms with Gasteiger partial charge in [-0.3, -0.25) is 9.52 Å². The Hall–Kier alpha value is -1.93. The Kier molecular flexibility index (Phi) is 5.38. The van der Waals surface area contributed by atoms with Crippen LogP contribution in [0.2, 0.25) is 0 Å². The molecule has 0 aliphatic rings. The minimum Gasteiger partial charge on any atom is -0.348 e. The van der Waals surface area contributed by atoms with Gasteiger partial charge in [0.2, 0.25) is 10.0 Å². The van der Waals surface area contributed by atoms with Gasteiger partial charge in [-0.15, -0.1) is 0 Å². The highest BCUT2D eigenvalue weighted by Gasteiger charge is 2.11. The van der Waals surface area contributed by atoms with Gasteiger partial charge < -0.3 is 5.32 Å². The number of amides is 1. The highest BCUT2D eigenvalue weighted by atomic mass is 79.9. The van der Waals surface area contributed by atoms with Gasteiger partial charge in [0.1, 0.15) is 5.82 Å². The summed E-state index contributed by atoms with van der Waals surface area (Å²) in [6.45, 7) is 0.182. The van der Waals surface area contributed by atoms with Crippen LogP contribution in [0, 0.1) is 5.82 Å². The first-order chi connectivity index (χ1) is 10.7. The minimum atomic E-state index is -3.36. The van der Waals surface area contributed by atoms with E-state index in [-0.39, 0.29) is 12.1 Å². The molecule has 0 aromatic heterocycles. The second-order valence-corrected chi connectivity index (χ2v) is 7.48. The molecule has 0 saturated heterocycles. The summed E-state index contributed by atoms with van der Waals surface area (Å²) >= 11 is 3.20. The largest absolute Gasteiger partial charge is 0.348 e. The molecule has 23 heavy (non-hydrogen) atoms. The summed E-state index contributed by atoms with van der Waals surface area (Å²) in [5, 5.41) is 2.66. The van der Waals surface area contributed by atoms with E-state index >= 15 is 0 Å². The standard InChI is InChI=1S/C15H14BrFN2O3S/c1-23(21,22)19-12-4-2-3-10(7-12)9-18-15(20)13-8-11(17)5-6-14(13)16/h2-8,19H,9H2,1H3,(H,18,20). The molecular weight excluding hydrogens is 387 g/mol. The van der Waals surface area contributed by atoms with E-state index < -0.39 is 21.7 Å². The molecule has 0 heterocycles. The van der Waals surface area contributed by atoms with Gasteiger partial charge in [0, 0.05) is 16.7 Å². The smallest absolute Gasteiger partial charge is 0.252 e. The Balaban J connectivity index is 2.07. The number of halogens is 2. The van der Waals surface area contributed by atoms with Gasteiger partial charge >= 0.3 is 0 Å². The van der Waals surface area contributed by atoms with Crippen LogP contribution >= 0.6 is 15.9 Å². The van der Waals surface area contributed by atoms with Gasteiger partial charge in [-0.2, -0.15) is 0 Å². The van der Waals surface area contributed by atoms with Crippen LogP contribution in [0.1, 0.15) is 15.9 Å². The van der Waals surface area contributed by atoms with E-state index in [2.05, 4.69) is 26.0 Å². The molecule has 2 aromatic rings. The van der Waals surface area contributed by atoms with Gasteiger partial charge in [-0.1, -0.05) is 12.1 Å². The Morgan fingerprint density at radius 3 is 2.65 bits per heavy atom. The van der Waals surface area contributed by atoms with Gasteiger partial charge in [-0.05, 0) is 51.8 Å². The number of rotatable bonds is 5. The molecule has 0 aliphatic heterocycles. The predicted molar refractivity (Wildman–Crippen MR) is 90.2 cm³/mol. The number of anilines is 1. The lowest BCUT2D eigenvalue weighted by atomic mass is 10.1. The topological polar surface area (TPSA) is 75.3 Å². The average Bonchev–Trinajstić information content (AvgIpc) is 2.46. The summed E-state index contributed by atoms with van der Waals surface area (Å²) in [5.41, 5.74) is 1.31. The molecule has 0 aliphatic carbocycles. The summed E-state index contributed by atoms with van der Waals surface area (Å²) in [6.07, 6.45) is 1.06. The highest BCUT2D eigenvalue weighted by molar-refractivity contribution is 9.10. The van der Waals surface area contributed by atoms with Crippen LogP contribution in [-0.2, 0) is 16.6 Å². The number of benzene rings is 2. The molecule has 2 rings (SSSR count). The van der Waals surface area contributed by atoms with Crippen molar-refractivity contribution in [2.24, 2.45) is 0 Å². The second kappa shape index (κ2) is 7.10. The lowest BCUT2D eigenvalue weighted by Gasteiger charge is -2.09. The summed E-state index contributed by atoms with van der Waals surface area (Å²) in [4.78, 5) is 12.1. The van der Waals surface area contributed by atoms with Crippen LogP contribution in [0.15, 0.2) is 46.9 Å². The van der Waals surface area contributed by atoms with Crippen LogP contribution in [0.5, 0.6) is 0 Å². The van der Waals surface area contributed by atoms with E-state index in [9.17, 15) is 17.6 Å². The average molecular weight is 401 g/mol. The molecule has 0 atom stereocenters. The predicted octanol–water partition coefficient (Wildman–Crippen LogP) is 2.89. The maximum absolute atomic E-state index is 13.2. The van der Waals surface area contributed by atoms with Crippen LogP contribution in [-0.4, -0.2) is 20.6 Å². The van der Waals surface area contributed by atoms with Crippen LogP contribution in [0.3, 0.4) is 0 Å². The third kappa shape index (κ3) is 5.33. The van der Waals surface area contributed by atoms with Gasteiger partial charge in [0.25, 0.3) is 5.91 Å². The zero-order valence-corrected chi connectivity index (χ0v) is 14.5. The molecule has 0 radical (unpaired) electrons. The van der Waals surface area contributed by atoms with E-state index in [0.717, 1.165) is 12.3 Å². The summed E-state index contributed by atoms with van der Waals surface area (Å²) < 4.78 is 38.5. The molecule has 1 amide bonds. The first kappa shape index (κ1) is 17.4. The molecule has 0 saturated carbocycles. The van der Waals surface area contributed by atoms with Crippen LogP contribution in [0.25, 0.3) is 0 Å². The lowest BCUT2D eigenvalue weighted by Crippen LogP contribution is -2.23. The van der Waals surface area contributed by atoms with E-state index in [1.165, 1.54) is 12.1 Å². The minimum absolute atomic E-state index is 0.182. The monoisotopic (exact) mass is 400 g/mol. The van der Waals surface area contributed by atoms with Crippen molar-refractivity contribution in [2.75, 3.05) is 11.0 Å². The Bertz CT molecular complexity index is 840. The molecule has 0 spiro atoms. The highest BCUT2D eigenvalue weighted by Crippen LogP contribution is 2.18. The summed E-state index contributed by atoms with van der Waals surface area (Å²) in [7, 11) is -3.36. The van der Waals surface area contributed by atoms with E-state index in [1.807, 2.05) is 0 Å². The zero-order chi connectivity index (χ0) is 17.0. The van der Waals surface area contributed by atoms with Crippen molar-refractivity contribution in [3.63, 3.8) is 0 Å². The third-order valence-electron chi connectivity index (χ3n) is 2.86. The Labute approximate surface area is 142 Å². The summed E-state index contributed by atoms with van der Waals surface area (Å²) in [6, 6.07) is 10.5. The molecule has 5 nitrogen and oxygen atoms in total. The van der Waals surface area contributed by atoms with Crippen molar-refractivity contribution in [1.82, 2.24) is 5.32 Å². The Morgan fingerprint density at radius 1 is 1.22 bits per heavy atom. The molecule has 0 fully saturated rings. The van der Waals surface area contributed by atoms with Crippen molar-refractivity contribution in [2.45, 2.75) is 6.54 Å². The number of nitrogens with one attached hydrogen (secondary N) is 2. The molecular formula is C15H14BrFN2O3S. The third-order valence-corrected chi connectivity index (χ3v) is 4.15. The fourth-order valence-electron chi connectivity index (χ4n) is 1.91. The number of carbonyl (C=O) groups is 1. The maximum Gasteiger partial charge on any atom is 0.252 e. The lowest BCUT2D eigenvalue weighted by molar-refractivity contribution is 0.0949. The number of sulfonamides is 1. The van der Waals surface area contributed by atoms with E-state index in [0.29, 0.717) is 15.7 Å². The maximum atomic E-state index is 13.2. The van der Waals surface area contributed by atoms with Gasteiger partial charge in [-0.25, -0.2) is 12.8 Å². The van der Waals surface area contributed by atoms with Crippen LogP contribution in [0.4, 0.5) is 10.1 Å². The second-order valence-electron chi connectivity index (χ2n) is 4.88. The molecule has 2 aromatic carbocycles. The first-order valence-corrected chi connectivity index (χ1v) is 9.23. The molecule has 8 heteroatoms. The van der Waals surface area contributed by atoms with Crippen molar-refractivity contribution in [3.05, 3.63) is 63.9 Å². The normalized spacial score (nSPS) is 11.1. The van der Waals surface area contributed by atoms with Crippen molar-refractivity contribution >= 4 is 37.5 Å². The molecule has 0 unspecified atom stereocenters. The molecule has 2 N–H and O–H groups in total. The fourth-order valence-corrected chi connectivity index (χ4v) is 2.89. The SMILES string of the molecule is CS(=O)(=O)Nc1cccc(CNC(=O)c2cc(F)ccc2Br)c1. The fraction of sp³-hybridized carbons (Fsp3) is 0.133. The van der Waals surface area contributed by atoms with E-state index in [4.69, 9.17) is 0 Å². The number of hydrogen-bond donors (Lipinski definition) is 2. The zero-order valence-electron chi connectivity index (χ0n) is 12.1. The van der Waals surface area contributed by atoms with Crippen molar-refractivity contribution in [3.8, 4) is 0 Å². The molecule has 122 valence electrons. The van der Waals surface area contributed by atoms with E-state index in [1.54, 1.807) is 24.3 Å². The van der Waals surface area contributed by atoms with Crippen molar-refractivity contribution < 1.29 is 17.6 Å². The van der Waals surface area contributed by atoms with Crippen molar-refractivity contribution in [1.29, 1.82) is 0 Å². The first-order valence-electron chi connectivity index (χ1n) is 6.54. The number of hydrogen-bond acceptors (Lipinski definition) is 3. The number of carbonyl (C=O) groups excluding carboxylic acids is 1. The quantitative estimate of drug-likeness (QED) is 0.809. The van der Waals surface area contributed by atoms with Gasteiger partial charge in [0.05, 0.1) is 11.8 Å². The Morgan fingerprint density at radius 2 is 1.96 bits per heavy atom. The summed E-state index contributed by atoms with van der Waals surface area (Å²) in [5.74, 6) is -0.935. The molecule has 0 bridgehead atoms.